The number of nitro groups is 1. The molecule has 1 N–H and O–H groups in total. The van der Waals surface area contributed by atoms with Crippen LogP contribution in [0.15, 0.2) is 12.1 Å². The molecule has 0 radical (unpaired) electrons. The van der Waals surface area contributed by atoms with E-state index < -0.39 is 10.8 Å². The third-order valence-corrected chi connectivity index (χ3v) is 4.27. The van der Waals surface area contributed by atoms with Crippen molar-refractivity contribution in [2.75, 3.05) is 0 Å². The number of benzene rings is 1. The van der Waals surface area contributed by atoms with E-state index in [0.29, 0.717) is 6.42 Å². The van der Waals surface area contributed by atoms with Crippen molar-refractivity contribution in [2.45, 2.75) is 25.3 Å². The van der Waals surface area contributed by atoms with Crippen molar-refractivity contribution < 1.29 is 9.72 Å². The molecule has 6 nitrogen and oxygen atoms in total. The van der Waals surface area contributed by atoms with E-state index in [2.05, 4.69) is 11.4 Å². The molecule has 110 valence electrons. The zero-order valence-corrected chi connectivity index (χ0v) is 12.3. The van der Waals surface area contributed by atoms with E-state index >= 15 is 0 Å². The van der Waals surface area contributed by atoms with Crippen molar-refractivity contribution in [3.8, 4) is 6.07 Å². The van der Waals surface area contributed by atoms with Gasteiger partial charge in [-0.1, -0.05) is 23.2 Å². The van der Waals surface area contributed by atoms with E-state index in [0.717, 1.165) is 25.0 Å². The van der Waals surface area contributed by atoms with Gasteiger partial charge in [-0.15, -0.1) is 0 Å². The molecule has 1 fully saturated rings. The van der Waals surface area contributed by atoms with E-state index in [9.17, 15) is 14.9 Å². The third-order valence-electron chi connectivity index (χ3n) is 3.47. The number of non-ortho nitro benzene ring substituents is 1. The van der Waals surface area contributed by atoms with Gasteiger partial charge in [-0.25, -0.2) is 0 Å². The summed E-state index contributed by atoms with van der Waals surface area (Å²) < 4.78 is 0. The first-order valence-electron chi connectivity index (χ1n) is 6.28. The molecule has 2 unspecified atom stereocenters. The van der Waals surface area contributed by atoms with Gasteiger partial charge >= 0.3 is 0 Å². The van der Waals surface area contributed by atoms with Crippen molar-refractivity contribution in [1.29, 1.82) is 5.26 Å². The smallest absolute Gasteiger partial charge is 0.271 e. The molecule has 1 amide bonds. The first-order valence-corrected chi connectivity index (χ1v) is 7.03. The second-order valence-corrected chi connectivity index (χ2v) is 5.58. The maximum atomic E-state index is 12.2. The summed E-state index contributed by atoms with van der Waals surface area (Å²) in [6, 6.07) is 4.05. The van der Waals surface area contributed by atoms with Crippen LogP contribution in [0.2, 0.25) is 10.0 Å². The highest BCUT2D eigenvalue weighted by molar-refractivity contribution is 6.44. The SMILES string of the molecule is N#CC1CCCC1NC(=O)c1cc([N+](=O)[O-])cc(Cl)c1Cl. The molecule has 0 saturated heterocycles. The standard InChI is InChI=1S/C13H11Cl2N3O3/c14-10-5-8(18(20)21)4-9(12(10)15)13(19)17-11-3-1-2-7(11)6-16/h4-5,7,11H,1-3H2,(H,17,19). The summed E-state index contributed by atoms with van der Waals surface area (Å²) in [5.74, 6) is -0.806. The fraction of sp³-hybridized carbons (Fsp3) is 0.385. The Labute approximate surface area is 130 Å². The number of nitrogens with one attached hydrogen (secondary N) is 1. The molecule has 1 saturated carbocycles. The molecule has 1 aromatic carbocycles. The zero-order valence-electron chi connectivity index (χ0n) is 10.8. The number of carbonyl (C=O) groups excluding carboxylic acids is 1. The summed E-state index contributed by atoms with van der Waals surface area (Å²) in [4.78, 5) is 22.4. The van der Waals surface area contributed by atoms with Gasteiger partial charge in [0.2, 0.25) is 0 Å². The topological polar surface area (TPSA) is 96.0 Å². The predicted octanol–water partition coefficient (Wildman–Crippen LogP) is 3.32. The summed E-state index contributed by atoms with van der Waals surface area (Å²) in [6.07, 6.45) is 2.28. The van der Waals surface area contributed by atoms with E-state index in [4.69, 9.17) is 28.5 Å². The summed E-state index contributed by atoms with van der Waals surface area (Å²) in [7, 11) is 0. The molecule has 0 spiro atoms. The molecule has 0 bridgehead atoms. The third kappa shape index (κ3) is 3.26. The largest absolute Gasteiger partial charge is 0.348 e. The number of carbonyl (C=O) groups is 1. The van der Waals surface area contributed by atoms with Gasteiger partial charge in [0.05, 0.1) is 32.5 Å². The van der Waals surface area contributed by atoms with Gasteiger partial charge in [0.25, 0.3) is 11.6 Å². The highest BCUT2D eigenvalue weighted by Gasteiger charge is 2.30. The van der Waals surface area contributed by atoms with Crippen molar-refractivity contribution in [1.82, 2.24) is 5.32 Å². The monoisotopic (exact) mass is 327 g/mol. The molecule has 8 heteroatoms. The Hall–Kier alpha value is -1.84. The van der Waals surface area contributed by atoms with Crippen LogP contribution in [0.3, 0.4) is 0 Å². The van der Waals surface area contributed by atoms with Crippen LogP contribution in [0.5, 0.6) is 0 Å². The molecule has 1 aromatic rings. The van der Waals surface area contributed by atoms with Crippen LogP contribution >= 0.6 is 23.2 Å². The van der Waals surface area contributed by atoms with Crippen molar-refractivity contribution >= 4 is 34.8 Å². The number of nitriles is 1. The summed E-state index contributed by atoms with van der Waals surface area (Å²) in [6.45, 7) is 0. The lowest BCUT2D eigenvalue weighted by molar-refractivity contribution is -0.384. The van der Waals surface area contributed by atoms with Crippen LogP contribution < -0.4 is 5.32 Å². The van der Waals surface area contributed by atoms with Crippen LogP contribution in [-0.4, -0.2) is 16.9 Å². The quantitative estimate of drug-likeness (QED) is 0.680. The summed E-state index contributed by atoms with van der Waals surface area (Å²) in [5.41, 5.74) is -0.364. The number of rotatable bonds is 3. The van der Waals surface area contributed by atoms with Crippen molar-refractivity contribution in [3.05, 3.63) is 37.9 Å². The Morgan fingerprint density at radius 1 is 1.43 bits per heavy atom. The van der Waals surface area contributed by atoms with Gasteiger partial charge in [0, 0.05) is 18.2 Å². The van der Waals surface area contributed by atoms with E-state index in [1.165, 1.54) is 0 Å². The second kappa shape index (κ2) is 6.29. The lowest BCUT2D eigenvalue weighted by Gasteiger charge is -2.16. The second-order valence-electron chi connectivity index (χ2n) is 4.79. The average Bonchev–Trinajstić information content (AvgIpc) is 2.88. The van der Waals surface area contributed by atoms with Gasteiger partial charge in [-0.05, 0) is 19.3 Å². The molecule has 1 aliphatic carbocycles. The fourth-order valence-corrected chi connectivity index (χ4v) is 2.79. The number of hydrogen-bond acceptors (Lipinski definition) is 4. The van der Waals surface area contributed by atoms with Crippen molar-refractivity contribution in [3.63, 3.8) is 0 Å². The average molecular weight is 328 g/mol. The van der Waals surface area contributed by atoms with Gasteiger partial charge in [0.1, 0.15) is 0 Å². The lowest BCUT2D eigenvalue weighted by atomic mass is 10.1. The number of nitrogens with zero attached hydrogens (tertiary/aromatic N) is 2. The first-order chi connectivity index (χ1) is 9.93. The number of nitro benzene ring substituents is 1. The van der Waals surface area contributed by atoms with Crippen LogP contribution in [0.4, 0.5) is 5.69 Å². The Morgan fingerprint density at radius 3 is 2.76 bits per heavy atom. The van der Waals surface area contributed by atoms with E-state index in [1.54, 1.807) is 0 Å². The number of amides is 1. The van der Waals surface area contributed by atoms with Gasteiger partial charge in [0.15, 0.2) is 0 Å². The van der Waals surface area contributed by atoms with Gasteiger partial charge < -0.3 is 5.32 Å². The molecular formula is C13H11Cl2N3O3. The van der Waals surface area contributed by atoms with E-state index in [-0.39, 0.29) is 33.3 Å². The summed E-state index contributed by atoms with van der Waals surface area (Å²) >= 11 is 11.8. The molecule has 0 aromatic heterocycles. The first kappa shape index (κ1) is 15.5. The molecule has 0 aliphatic heterocycles. The Bertz CT molecular complexity index is 642. The number of halogens is 2. The Balaban J connectivity index is 2.27. The Kier molecular flexibility index (Phi) is 4.66. The molecule has 2 atom stereocenters. The molecule has 1 aliphatic rings. The zero-order chi connectivity index (χ0) is 15.6. The fourth-order valence-electron chi connectivity index (χ4n) is 2.38. The van der Waals surface area contributed by atoms with Crippen LogP contribution in [0, 0.1) is 27.4 Å². The Morgan fingerprint density at radius 2 is 2.14 bits per heavy atom. The van der Waals surface area contributed by atoms with Crippen molar-refractivity contribution in [2.24, 2.45) is 5.92 Å². The normalized spacial score (nSPS) is 20.8. The maximum absolute atomic E-state index is 12.2. The minimum absolute atomic E-state index is 0.0359. The van der Waals surface area contributed by atoms with E-state index in [1.807, 2.05) is 0 Å². The molecule has 0 heterocycles. The highest BCUT2D eigenvalue weighted by Crippen LogP contribution is 2.32. The molecular weight excluding hydrogens is 317 g/mol. The minimum Gasteiger partial charge on any atom is -0.348 e. The maximum Gasteiger partial charge on any atom is 0.271 e. The minimum atomic E-state index is -0.646. The summed E-state index contributed by atoms with van der Waals surface area (Å²) in [5, 5.41) is 22.4. The number of hydrogen-bond donors (Lipinski definition) is 1. The van der Waals surface area contributed by atoms with Crippen LogP contribution in [0.1, 0.15) is 29.6 Å². The predicted molar refractivity (Wildman–Crippen MR) is 77.3 cm³/mol. The van der Waals surface area contributed by atoms with Gasteiger partial charge in [-0.3, -0.25) is 14.9 Å². The lowest BCUT2D eigenvalue weighted by Crippen LogP contribution is -2.37. The van der Waals surface area contributed by atoms with Gasteiger partial charge in [-0.2, -0.15) is 5.26 Å². The van der Waals surface area contributed by atoms with Crippen LogP contribution in [0.25, 0.3) is 0 Å². The molecule has 2 rings (SSSR count). The van der Waals surface area contributed by atoms with Crippen LogP contribution in [-0.2, 0) is 0 Å². The highest BCUT2D eigenvalue weighted by atomic mass is 35.5. The molecule has 21 heavy (non-hydrogen) atoms.